The zero-order chi connectivity index (χ0) is 22.2. The molecule has 31 heavy (non-hydrogen) atoms. The number of hydrogen-bond donors (Lipinski definition) is 1. The fourth-order valence-corrected chi connectivity index (χ4v) is 3.23. The highest BCUT2D eigenvalue weighted by atomic mass is 16.5. The van der Waals surface area contributed by atoms with Crippen LogP contribution >= 0.6 is 0 Å². The highest BCUT2D eigenvalue weighted by Gasteiger charge is 2.41. The third-order valence-corrected chi connectivity index (χ3v) is 4.82. The van der Waals surface area contributed by atoms with Gasteiger partial charge in [-0.2, -0.15) is 0 Å². The van der Waals surface area contributed by atoms with E-state index >= 15 is 0 Å². The molecule has 1 N–H and O–H groups in total. The predicted octanol–water partition coefficient (Wildman–Crippen LogP) is 2.92. The van der Waals surface area contributed by atoms with E-state index in [4.69, 9.17) is 9.47 Å². The van der Waals surface area contributed by atoms with Crippen LogP contribution in [0.5, 0.6) is 0 Å². The number of amides is 2. The van der Waals surface area contributed by atoms with Gasteiger partial charge >= 0.3 is 12.1 Å². The summed E-state index contributed by atoms with van der Waals surface area (Å²) in [5.41, 5.74) is 2.23. The summed E-state index contributed by atoms with van der Waals surface area (Å²) in [5, 5.41) is 2.65. The number of hydrogen-bond acceptors (Lipinski definition) is 6. The number of benzene rings is 2. The van der Waals surface area contributed by atoms with Gasteiger partial charge in [-0.1, -0.05) is 42.5 Å². The van der Waals surface area contributed by atoms with Gasteiger partial charge < -0.3 is 14.4 Å². The first-order chi connectivity index (χ1) is 15.0. The molecule has 0 saturated carbocycles. The Hall–Kier alpha value is -3.68. The minimum Gasteiger partial charge on any atom is -0.465 e. The molecule has 2 amide bonds. The zero-order valence-electron chi connectivity index (χ0n) is 17.2. The molecular weight excluding hydrogens is 400 g/mol. The van der Waals surface area contributed by atoms with Crippen LogP contribution in [-0.4, -0.2) is 41.8 Å². The normalized spacial score (nSPS) is 16.0. The lowest BCUT2D eigenvalue weighted by molar-refractivity contribution is -0.161. The second-order valence-electron chi connectivity index (χ2n) is 7.04. The van der Waals surface area contributed by atoms with Crippen molar-refractivity contribution in [1.82, 2.24) is 4.90 Å². The molecule has 0 spiro atoms. The first-order valence-electron chi connectivity index (χ1n) is 10.0. The molecule has 1 atom stereocenters. The Labute approximate surface area is 180 Å². The van der Waals surface area contributed by atoms with Crippen molar-refractivity contribution in [2.24, 2.45) is 5.92 Å². The van der Waals surface area contributed by atoms with E-state index < -0.39 is 29.7 Å². The second-order valence-corrected chi connectivity index (χ2v) is 7.04. The third-order valence-electron chi connectivity index (χ3n) is 4.82. The largest absolute Gasteiger partial charge is 0.465 e. The molecular formula is C23H24N2O6. The van der Waals surface area contributed by atoms with E-state index in [1.165, 1.54) is 4.90 Å². The highest BCUT2D eigenvalue weighted by Crippen LogP contribution is 2.20. The Balaban J connectivity index is 1.54. The van der Waals surface area contributed by atoms with Crippen LogP contribution in [0.15, 0.2) is 54.6 Å². The van der Waals surface area contributed by atoms with Crippen LogP contribution in [0.1, 0.15) is 24.5 Å². The minimum atomic E-state index is -1.38. The van der Waals surface area contributed by atoms with E-state index in [2.05, 4.69) is 5.32 Å². The Kier molecular flexibility index (Phi) is 7.37. The SMILES string of the molecule is CCOC(=O)C1C(=O)CCN(Cc2ccc(NC(=O)OCc3ccccc3)cc2)C1=O. The molecule has 1 aliphatic heterocycles. The van der Waals surface area contributed by atoms with E-state index in [0.29, 0.717) is 5.69 Å². The summed E-state index contributed by atoms with van der Waals surface area (Å²) in [6.07, 6.45) is -0.458. The number of likely N-dealkylation sites (tertiary alicyclic amines) is 1. The number of carbonyl (C=O) groups excluding carboxylic acids is 4. The van der Waals surface area contributed by atoms with Crippen molar-refractivity contribution in [2.45, 2.75) is 26.5 Å². The number of ketones is 1. The predicted molar refractivity (Wildman–Crippen MR) is 112 cm³/mol. The molecule has 1 aliphatic rings. The molecule has 162 valence electrons. The molecule has 2 aromatic carbocycles. The highest BCUT2D eigenvalue weighted by molar-refractivity contribution is 6.17. The maximum atomic E-state index is 12.6. The van der Waals surface area contributed by atoms with Crippen LogP contribution in [0.2, 0.25) is 0 Å². The standard InChI is InChI=1S/C23H24N2O6/c1-2-30-22(28)20-19(26)12-13-25(21(20)27)14-16-8-10-18(11-9-16)24-23(29)31-15-17-6-4-3-5-7-17/h3-11,20H,2,12-15H2,1H3,(H,24,29). The number of carbonyl (C=O) groups is 4. The average molecular weight is 424 g/mol. The van der Waals surface area contributed by atoms with E-state index in [1.54, 1.807) is 31.2 Å². The molecule has 0 radical (unpaired) electrons. The monoisotopic (exact) mass is 424 g/mol. The van der Waals surface area contributed by atoms with E-state index in [1.807, 2.05) is 30.3 Å². The first kappa shape index (κ1) is 22.0. The summed E-state index contributed by atoms with van der Waals surface area (Å²) in [6.45, 7) is 2.40. The molecule has 1 heterocycles. The summed E-state index contributed by atoms with van der Waals surface area (Å²) in [6, 6.07) is 16.3. The van der Waals surface area contributed by atoms with Crippen molar-refractivity contribution in [1.29, 1.82) is 0 Å². The van der Waals surface area contributed by atoms with Crippen molar-refractivity contribution in [2.75, 3.05) is 18.5 Å². The smallest absolute Gasteiger partial charge is 0.411 e. The van der Waals surface area contributed by atoms with Gasteiger partial charge in [-0.3, -0.25) is 19.7 Å². The summed E-state index contributed by atoms with van der Waals surface area (Å²) < 4.78 is 10.0. The summed E-state index contributed by atoms with van der Waals surface area (Å²) in [4.78, 5) is 50.0. The number of anilines is 1. The summed E-state index contributed by atoms with van der Waals surface area (Å²) in [5.74, 6) is -3.13. The van der Waals surface area contributed by atoms with Gasteiger partial charge in [0.05, 0.1) is 6.61 Å². The van der Waals surface area contributed by atoms with E-state index in [-0.39, 0.29) is 32.7 Å². The van der Waals surface area contributed by atoms with Crippen LogP contribution in [-0.2, 0) is 37.0 Å². The van der Waals surface area contributed by atoms with Crippen molar-refractivity contribution in [3.63, 3.8) is 0 Å². The quantitative estimate of drug-likeness (QED) is 0.542. The lowest BCUT2D eigenvalue weighted by Gasteiger charge is -2.30. The van der Waals surface area contributed by atoms with Crippen LogP contribution in [0.25, 0.3) is 0 Å². The zero-order valence-corrected chi connectivity index (χ0v) is 17.2. The molecule has 0 aromatic heterocycles. The maximum absolute atomic E-state index is 12.6. The van der Waals surface area contributed by atoms with Crippen LogP contribution in [0, 0.1) is 5.92 Å². The minimum absolute atomic E-state index is 0.109. The lowest BCUT2D eigenvalue weighted by Crippen LogP contribution is -2.49. The average Bonchev–Trinajstić information content (AvgIpc) is 2.76. The van der Waals surface area contributed by atoms with E-state index in [0.717, 1.165) is 11.1 Å². The Morgan fingerprint density at radius 3 is 2.39 bits per heavy atom. The van der Waals surface area contributed by atoms with Crippen LogP contribution in [0.3, 0.4) is 0 Å². The molecule has 2 aromatic rings. The van der Waals surface area contributed by atoms with Crippen molar-refractivity contribution >= 4 is 29.4 Å². The van der Waals surface area contributed by atoms with Gasteiger partial charge in [-0.15, -0.1) is 0 Å². The van der Waals surface area contributed by atoms with Gasteiger partial charge in [-0.25, -0.2) is 4.79 Å². The fourth-order valence-electron chi connectivity index (χ4n) is 3.23. The van der Waals surface area contributed by atoms with Crippen LogP contribution in [0.4, 0.5) is 10.5 Å². The number of ether oxygens (including phenoxy) is 2. The number of esters is 1. The Morgan fingerprint density at radius 2 is 1.71 bits per heavy atom. The van der Waals surface area contributed by atoms with Gasteiger partial charge in [0.1, 0.15) is 6.61 Å². The molecule has 1 unspecified atom stereocenters. The van der Waals surface area contributed by atoms with Gasteiger partial charge in [0, 0.05) is 25.2 Å². The molecule has 8 heteroatoms. The molecule has 8 nitrogen and oxygen atoms in total. The topological polar surface area (TPSA) is 102 Å². The van der Waals surface area contributed by atoms with Crippen molar-refractivity contribution < 1.29 is 28.7 Å². The molecule has 0 bridgehead atoms. The van der Waals surface area contributed by atoms with Gasteiger partial charge in [-0.05, 0) is 30.2 Å². The van der Waals surface area contributed by atoms with Gasteiger partial charge in [0.25, 0.3) is 0 Å². The fraction of sp³-hybridized carbons (Fsp3) is 0.304. The molecule has 1 fully saturated rings. The number of Topliss-reactive ketones (excluding diaryl/α,β-unsaturated/α-hetero) is 1. The molecule has 1 saturated heterocycles. The van der Waals surface area contributed by atoms with Gasteiger partial charge in [0.2, 0.25) is 5.91 Å². The first-order valence-corrected chi connectivity index (χ1v) is 10.0. The number of nitrogens with zero attached hydrogens (tertiary/aromatic N) is 1. The van der Waals surface area contributed by atoms with Gasteiger partial charge in [0.15, 0.2) is 11.7 Å². The lowest BCUT2D eigenvalue weighted by atomic mass is 9.95. The van der Waals surface area contributed by atoms with Crippen molar-refractivity contribution in [3.05, 3.63) is 65.7 Å². The summed E-state index contributed by atoms with van der Waals surface area (Å²) >= 11 is 0. The third kappa shape index (κ3) is 5.91. The number of piperidine rings is 1. The Morgan fingerprint density at radius 1 is 1.00 bits per heavy atom. The molecule has 3 rings (SSSR count). The Bertz CT molecular complexity index is 942. The number of nitrogens with one attached hydrogen (secondary N) is 1. The second kappa shape index (κ2) is 10.4. The van der Waals surface area contributed by atoms with Crippen molar-refractivity contribution in [3.8, 4) is 0 Å². The molecule has 0 aliphatic carbocycles. The summed E-state index contributed by atoms with van der Waals surface area (Å²) in [7, 11) is 0. The van der Waals surface area contributed by atoms with E-state index in [9.17, 15) is 19.2 Å². The number of rotatable bonds is 7. The van der Waals surface area contributed by atoms with Crippen LogP contribution < -0.4 is 5.32 Å². The maximum Gasteiger partial charge on any atom is 0.411 e.